The van der Waals surface area contributed by atoms with Crippen molar-refractivity contribution < 1.29 is 13.5 Å². The maximum Gasteiger partial charge on any atom is 0.275 e. The Balaban J connectivity index is 2.38. The van der Waals surface area contributed by atoms with E-state index in [0.29, 0.717) is 0 Å². The Labute approximate surface area is 127 Å². The zero-order chi connectivity index (χ0) is 15.6. The lowest BCUT2D eigenvalue weighted by atomic mass is 10.2. The Morgan fingerprint density at radius 2 is 2.05 bits per heavy atom. The molecule has 1 atom stereocenters. The number of nitrogen functional groups attached to an aromatic ring is 1. The van der Waals surface area contributed by atoms with Crippen molar-refractivity contribution in [2.45, 2.75) is 10.6 Å². The first-order valence-corrected chi connectivity index (χ1v) is 7.44. The SMILES string of the molecule is Nc1cc(F)cc(S(=O)Cc2c(Cl)cccc2[N+](=O)[O-])c1. The molecule has 0 saturated carbocycles. The van der Waals surface area contributed by atoms with Crippen LogP contribution in [0.2, 0.25) is 5.02 Å². The van der Waals surface area contributed by atoms with Crippen LogP contribution in [-0.2, 0) is 16.6 Å². The molecule has 2 rings (SSSR count). The molecule has 5 nitrogen and oxygen atoms in total. The third-order valence-electron chi connectivity index (χ3n) is 2.72. The number of nitrogens with two attached hydrogens (primary N) is 1. The maximum atomic E-state index is 13.3. The van der Waals surface area contributed by atoms with E-state index in [1.165, 1.54) is 24.3 Å². The van der Waals surface area contributed by atoms with Crippen LogP contribution in [0.4, 0.5) is 15.8 Å². The van der Waals surface area contributed by atoms with E-state index in [4.69, 9.17) is 17.3 Å². The number of hydrogen-bond acceptors (Lipinski definition) is 4. The first kappa shape index (κ1) is 15.4. The molecular weight excluding hydrogens is 319 g/mol. The molecule has 0 saturated heterocycles. The number of nitrogens with zero attached hydrogens (tertiary/aromatic N) is 1. The molecule has 110 valence electrons. The third-order valence-corrected chi connectivity index (χ3v) is 4.39. The van der Waals surface area contributed by atoms with Crippen molar-refractivity contribution in [1.29, 1.82) is 0 Å². The largest absolute Gasteiger partial charge is 0.399 e. The number of nitro groups is 1. The minimum Gasteiger partial charge on any atom is -0.399 e. The fraction of sp³-hybridized carbons (Fsp3) is 0.0769. The van der Waals surface area contributed by atoms with E-state index in [0.717, 1.165) is 12.1 Å². The molecule has 0 bridgehead atoms. The highest BCUT2D eigenvalue weighted by Gasteiger charge is 2.19. The van der Waals surface area contributed by atoms with Gasteiger partial charge in [-0.3, -0.25) is 14.3 Å². The standard InChI is InChI=1S/C13H10ClFN2O3S/c14-12-2-1-3-13(17(18)19)11(12)7-21(20)10-5-8(15)4-9(16)6-10/h1-6H,7,16H2. The highest BCUT2D eigenvalue weighted by molar-refractivity contribution is 7.84. The topological polar surface area (TPSA) is 86.2 Å². The number of halogens is 2. The van der Waals surface area contributed by atoms with Crippen LogP contribution in [0.1, 0.15) is 5.56 Å². The first-order chi connectivity index (χ1) is 9.88. The molecule has 0 aliphatic heterocycles. The average molecular weight is 329 g/mol. The van der Waals surface area contributed by atoms with Crippen molar-refractivity contribution in [2.24, 2.45) is 0 Å². The Bertz CT molecular complexity index is 719. The van der Waals surface area contributed by atoms with Crippen LogP contribution in [-0.4, -0.2) is 9.13 Å². The van der Waals surface area contributed by atoms with Gasteiger partial charge in [-0.25, -0.2) is 4.39 Å². The number of hydrogen-bond donors (Lipinski definition) is 1. The summed E-state index contributed by atoms with van der Waals surface area (Å²) in [7, 11) is -1.70. The second-order valence-electron chi connectivity index (χ2n) is 4.20. The van der Waals surface area contributed by atoms with E-state index in [-0.39, 0.29) is 32.6 Å². The average Bonchev–Trinajstić information content (AvgIpc) is 2.39. The van der Waals surface area contributed by atoms with Gasteiger partial charge in [-0.2, -0.15) is 0 Å². The summed E-state index contributed by atoms with van der Waals surface area (Å²) in [6.07, 6.45) is 0. The van der Waals surface area contributed by atoms with Crippen LogP contribution >= 0.6 is 11.6 Å². The molecule has 0 aliphatic rings. The molecule has 21 heavy (non-hydrogen) atoms. The van der Waals surface area contributed by atoms with E-state index in [2.05, 4.69) is 0 Å². The molecule has 2 N–H and O–H groups in total. The van der Waals surface area contributed by atoms with E-state index >= 15 is 0 Å². The Kier molecular flexibility index (Phi) is 4.54. The Morgan fingerprint density at radius 3 is 2.67 bits per heavy atom. The molecule has 0 fully saturated rings. The lowest BCUT2D eigenvalue weighted by Gasteiger charge is -2.07. The first-order valence-electron chi connectivity index (χ1n) is 5.74. The summed E-state index contributed by atoms with van der Waals surface area (Å²) in [5.41, 5.74) is 5.54. The zero-order valence-corrected chi connectivity index (χ0v) is 12.2. The fourth-order valence-corrected chi connectivity index (χ4v) is 3.35. The molecule has 0 heterocycles. The molecule has 1 unspecified atom stereocenters. The van der Waals surface area contributed by atoms with Gasteiger partial charge in [0.25, 0.3) is 5.69 Å². The minimum atomic E-state index is -1.70. The van der Waals surface area contributed by atoms with Crippen LogP contribution < -0.4 is 5.73 Å². The van der Waals surface area contributed by atoms with Crippen molar-refractivity contribution in [2.75, 3.05) is 5.73 Å². The van der Waals surface area contributed by atoms with Gasteiger partial charge in [0.1, 0.15) is 5.82 Å². The fourth-order valence-electron chi connectivity index (χ4n) is 1.79. The smallest absolute Gasteiger partial charge is 0.275 e. The third kappa shape index (κ3) is 3.56. The zero-order valence-electron chi connectivity index (χ0n) is 10.6. The Hall–Kier alpha value is -1.99. The monoisotopic (exact) mass is 328 g/mol. The minimum absolute atomic E-state index is 0.131. The summed E-state index contributed by atoms with van der Waals surface area (Å²) in [6.45, 7) is 0. The number of nitro benzene ring substituents is 1. The van der Waals surface area contributed by atoms with Crippen LogP contribution in [0.25, 0.3) is 0 Å². The van der Waals surface area contributed by atoms with Crippen LogP contribution in [0.3, 0.4) is 0 Å². The van der Waals surface area contributed by atoms with Crippen molar-refractivity contribution in [3.05, 3.63) is 62.9 Å². The second kappa shape index (κ2) is 6.19. The van der Waals surface area contributed by atoms with Crippen LogP contribution in [0.5, 0.6) is 0 Å². The van der Waals surface area contributed by atoms with Gasteiger partial charge < -0.3 is 5.73 Å². The molecule has 0 aromatic heterocycles. The quantitative estimate of drug-likeness (QED) is 0.530. The summed E-state index contributed by atoms with van der Waals surface area (Å²) < 4.78 is 25.5. The van der Waals surface area contributed by atoms with Crippen molar-refractivity contribution in [3.8, 4) is 0 Å². The maximum absolute atomic E-state index is 13.3. The molecular formula is C13H10ClFN2O3S. The van der Waals surface area contributed by atoms with Gasteiger partial charge in [-0.15, -0.1) is 0 Å². The number of rotatable bonds is 4. The summed E-state index contributed by atoms with van der Waals surface area (Å²) in [6, 6.07) is 7.72. The highest BCUT2D eigenvalue weighted by atomic mass is 35.5. The lowest BCUT2D eigenvalue weighted by Crippen LogP contribution is -2.03. The van der Waals surface area contributed by atoms with Gasteiger partial charge in [0.2, 0.25) is 0 Å². The Morgan fingerprint density at radius 1 is 1.33 bits per heavy atom. The normalized spacial score (nSPS) is 12.1. The number of benzene rings is 2. The van der Waals surface area contributed by atoms with Crippen LogP contribution in [0.15, 0.2) is 41.3 Å². The van der Waals surface area contributed by atoms with Crippen molar-refractivity contribution in [3.63, 3.8) is 0 Å². The predicted octanol–water partition coefficient (Wildman–Crippen LogP) is 3.28. The van der Waals surface area contributed by atoms with Crippen LogP contribution in [0, 0.1) is 15.9 Å². The molecule has 0 spiro atoms. The molecule has 0 radical (unpaired) electrons. The summed E-state index contributed by atoms with van der Waals surface area (Å²) in [4.78, 5) is 10.5. The summed E-state index contributed by atoms with van der Waals surface area (Å²) in [5.74, 6) is -0.814. The molecule has 0 aliphatic carbocycles. The van der Waals surface area contributed by atoms with E-state index in [1.54, 1.807) is 0 Å². The molecule has 8 heteroatoms. The van der Waals surface area contributed by atoms with E-state index in [9.17, 15) is 18.7 Å². The predicted molar refractivity (Wildman–Crippen MR) is 79.0 cm³/mol. The second-order valence-corrected chi connectivity index (χ2v) is 6.06. The number of anilines is 1. The molecule has 2 aromatic rings. The van der Waals surface area contributed by atoms with Gasteiger partial charge in [-0.1, -0.05) is 17.7 Å². The van der Waals surface area contributed by atoms with Crippen molar-refractivity contribution in [1.82, 2.24) is 0 Å². The van der Waals surface area contributed by atoms with Gasteiger partial charge in [-0.05, 0) is 24.3 Å². The van der Waals surface area contributed by atoms with Gasteiger partial charge in [0, 0.05) is 16.6 Å². The lowest BCUT2D eigenvalue weighted by molar-refractivity contribution is -0.385. The van der Waals surface area contributed by atoms with E-state index < -0.39 is 21.5 Å². The summed E-state index contributed by atoms with van der Waals surface area (Å²) >= 11 is 5.93. The highest BCUT2D eigenvalue weighted by Crippen LogP contribution is 2.29. The van der Waals surface area contributed by atoms with Gasteiger partial charge in [0.05, 0.1) is 32.1 Å². The molecule has 0 amide bonds. The summed E-state index contributed by atoms with van der Waals surface area (Å²) in [5, 5.41) is 11.1. The van der Waals surface area contributed by atoms with Crippen molar-refractivity contribution >= 4 is 33.8 Å². The molecule has 2 aromatic carbocycles. The van der Waals surface area contributed by atoms with E-state index in [1.807, 2.05) is 0 Å². The van der Waals surface area contributed by atoms with Gasteiger partial charge >= 0.3 is 0 Å². The van der Waals surface area contributed by atoms with Gasteiger partial charge in [0.15, 0.2) is 0 Å².